The number of pyridine rings is 1. The third kappa shape index (κ3) is 3.45. The number of halogens is 2. The molecular weight excluding hydrogens is 270 g/mol. The van der Waals surface area contributed by atoms with Crippen molar-refractivity contribution in [2.45, 2.75) is 32.7 Å². The topological polar surface area (TPSA) is 24.9 Å². The lowest BCUT2D eigenvalue weighted by Crippen LogP contribution is -2.27. The number of nitrogens with zero attached hydrogens (tertiary/aromatic N) is 1. The summed E-state index contributed by atoms with van der Waals surface area (Å²) in [4.78, 5) is 4.34. The summed E-state index contributed by atoms with van der Waals surface area (Å²) < 4.78 is 27.6. The van der Waals surface area contributed by atoms with E-state index < -0.39 is 11.6 Å². The highest BCUT2D eigenvalue weighted by Gasteiger charge is 2.24. The standard InChI is InChI=1S/C17H20F2N2/c1-4-20-17(12(3)16-7-5-6-8-21-16)13-9-11(2)14(18)10-15(13)19/h5-10,12,17,20H,4H2,1-3H3. The van der Waals surface area contributed by atoms with Crippen molar-refractivity contribution in [1.82, 2.24) is 10.3 Å². The van der Waals surface area contributed by atoms with Crippen LogP contribution in [0.3, 0.4) is 0 Å². The van der Waals surface area contributed by atoms with Gasteiger partial charge in [-0.15, -0.1) is 0 Å². The molecule has 1 N–H and O–H groups in total. The van der Waals surface area contributed by atoms with E-state index in [9.17, 15) is 8.78 Å². The van der Waals surface area contributed by atoms with Crippen LogP contribution in [0.25, 0.3) is 0 Å². The first kappa shape index (κ1) is 15.6. The van der Waals surface area contributed by atoms with Gasteiger partial charge in [-0.05, 0) is 37.2 Å². The Morgan fingerprint density at radius 1 is 1.19 bits per heavy atom. The summed E-state index contributed by atoms with van der Waals surface area (Å²) in [5.74, 6) is -1.06. The zero-order valence-corrected chi connectivity index (χ0v) is 12.5. The molecule has 0 radical (unpaired) electrons. The first-order valence-corrected chi connectivity index (χ1v) is 7.14. The Kier molecular flexibility index (Phi) is 5.02. The lowest BCUT2D eigenvalue weighted by Gasteiger charge is -2.26. The molecule has 4 heteroatoms. The Morgan fingerprint density at radius 3 is 2.57 bits per heavy atom. The van der Waals surface area contributed by atoms with Crippen molar-refractivity contribution >= 4 is 0 Å². The monoisotopic (exact) mass is 290 g/mol. The van der Waals surface area contributed by atoms with Gasteiger partial charge in [-0.1, -0.05) is 19.9 Å². The second-order valence-electron chi connectivity index (χ2n) is 5.20. The number of hydrogen-bond acceptors (Lipinski definition) is 2. The molecule has 21 heavy (non-hydrogen) atoms. The number of nitrogens with one attached hydrogen (secondary N) is 1. The predicted molar refractivity (Wildman–Crippen MR) is 80.2 cm³/mol. The highest BCUT2D eigenvalue weighted by atomic mass is 19.1. The van der Waals surface area contributed by atoms with E-state index in [-0.39, 0.29) is 12.0 Å². The van der Waals surface area contributed by atoms with Crippen molar-refractivity contribution in [2.24, 2.45) is 0 Å². The van der Waals surface area contributed by atoms with Gasteiger partial charge in [0.25, 0.3) is 0 Å². The van der Waals surface area contributed by atoms with Crippen molar-refractivity contribution in [3.8, 4) is 0 Å². The van der Waals surface area contributed by atoms with Gasteiger partial charge in [0.05, 0.1) is 0 Å². The molecule has 0 saturated carbocycles. The van der Waals surface area contributed by atoms with Crippen LogP contribution in [-0.2, 0) is 0 Å². The Bertz CT molecular complexity index is 599. The summed E-state index contributed by atoms with van der Waals surface area (Å²) in [5, 5.41) is 3.28. The van der Waals surface area contributed by atoms with Gasteiger partial charge in [-0.25, -0.2) is 8.78 Å². The SMILES string of the molecule is CCNC(c1cc(C)c(F)cc1F)C(C)c1ccccn1. The molecular formula is C17H20F2N2. The van der Waals surface area contributed by atoms with Crippen molar-refractivity contribution in [1.29, 1.82) is 0 Å². The zero-order valence-electron chi connectivity index (χ0n) is 12.5. The first-order valence-electron chi connectivity index (χ1n) is 7.14. The molecule has 2 unspecified atom stereocenters. The van der Waals surface area contributed by atoms with E-state index in [0.29, 0.717) is 17.7 Å². The first-order chi connectivity index (χ1) is 10.0. The number of rotatable bonds is 5. The number of likely N-dealkylation sites (N-methyl/N-ethyl adjacent to an activating group) is 1. The van der Waals surface area contributed by atoms with E-state index >= 15 is 0 Å². The fraction of sp³-hybridized carbons (Fsp3) is 0.353. The molecule has 2 aromatic rings. The molecule has 1 heterocycles. The largest absolute Gasteiger partial charge is 0.310 e. The summed E-state index contributed by atoms with van der Waals surface area (Å²) in [6.45, 7) is 6.30. The lowest BCUT2D eigenvalue weighted by molar-refractivity contribution is 0.446. The third-order valence-electron chi connectivity index (χ3n) is 3.69. The fourth-order valence-electron chi connectivity index (χ4n) is 2.51. The molecule has 1 aromatic heterocycles. The number of aromatic nitrogens is 1. The van der Waals surface area contributed by atoms with Crippen molar-refractivity contribution in [3.05, 3.63) is 65.0 Å². The number of benzene rings is 1. The van der Waals surface area contributed by atoms with Crippen molar-refractivity contribution in [2.75, 3.05) is 6.54 Å². The highest BCUT2D eigenvalue weighted by Crippen LogP contribution is 2.32. The fourth-order valence-corrected chi connectivity index (χ4v) is 2.51. The molecule has 0 aliphatic rings. The van der Waals surface area contributed by atoms with Gasteiger partial charge in [0.15, 0.2) is 0 Å². The molecule has 0 saturated heterocycles. The van der Waals surface area contributed by atoms with Gasteiger partial charge >= 0.3 is 0 Å². The van der Waals surface area contributed by atoms with Gasteiger partial charge in [0.2, 0.25) is 0 Å². The van der Waals surface area contributed by atoms with Gasteiger partial charge in [-0.2, -0.15) is 0 Å². The number of hydrogen-bond donors (Lipinski definition) is 1. The van der Waals surface area contributed by atoms with E-state index in [0.717, 1.165) is 11.8 Å². The molecule has 0 aliphatic carbocycles. The summed E-state index contributed by atoms with van der Waals surface area (Å²) in [5.41, 5.74) is 1.81. The van der Waals surface area contributed by atoms with Gasteiger partial charge in [0.1, 0.15) is 11.6 Å². The molecule has 0 spiro atoms. The van der Waals surface area contributed by atoms with Crippen LogP contribution >= 0.6 is 0 Å². The third-order valence-corrected chi connectivity index (χ3v) is 3.69. The van der Waals surface area contributed by atoms with Crippen molar-refractivity contribution in [3.63, 3.8) is 0 Å². The van der Waals surface area contributed by atoms with Crippen LogP contribution in [0.15, 0.2) is 36.5 Å². The summed E-state index contributed by atoms with van der Waals surface area (Å²) in [7, 11) is 0. The van der Waals surface area contributed by atoms with E-state index in [2.05, 4.69) is 10.3 Å². The average molecular weight is 290 g/mol. The molecule has 1 aromatic carbocycles. The number of aryl methyl sites for hydroxylation is 1. The average Bonchev–Trinajstić information content (AvgIpc) is 2.49. The van der Waals surface area contributed by atoms with Crippen LogP contribution in [0.5, 0.6) is 0 Å². The zero-order chi connectivity index (χ0) is 15.4. The van der Waals surface area contributed by atoms with Crippen LogP contribution in [0.2, 0.25) is 0 Å². The molecule has 0 amide bonds. The van der Waals surface area contributed by atoms with Crippen LogP contribution in [0, 0.1) is 18.6 Å². The van der Waals surface area contributed by atoms with Crippen LogP contribution in [0.4, 0.5) is 8.78 Å². The molecule has 0 aliphatic heterocycles. The molecule has 0 bridgehead atoms. The molecule has 2 nitrogen and oxygen atoms in total. The Hall–Kier alpha value is -1.81. The van der Waals surface area contributed by atoms with Gasteiger partial charge in [0, 0.05) is 35.5 Å². The molecule has 2 atom stereocenters. The molecule has 0 fully saturated rings. The van der Waals surface area contributed by atoms with Crippen LogP contribution in [-0.4, -0.2) is 11.5 Å². The maximum absolute atomic E-state index is 14.2. The van der Waals surface area contributed by atoms with Gasteiger partial charge < -0.3 is 5.32 Å². The van der Waals surface area contributed by atoms with E-state index in [1.807, 2.05) is 32.0 Å². The minimum absolute atomic E-state index is 0.0227. The normalized spacial score (nSPS) is 14.0. The Balaban J connectivity index is 2.42. The Morgan fingerprint density at radius 2 is 1.95 bits per heavy atom. The van der Waals surface area contributed by atoms with E-state index in [1.165, 1.54) is 0 Å². The second kappa shape index (κ2) is 6.76. The summed E-state index contributed by atoms with van der Waals surface area (Å²) in [6, 6.07) is 7.97. The quantitative estimate of drug-likeness (QED) is 0.896. The maximum Gasteiger partial charge on any atom is 0.130 e. The maximum atomic E-state index is 14.2. The summed E-state index contributed by atoms with van der Waals surface area (Å²) in [6.07, 6.45) is 1.72. The summed E-state index contributed by atoms with van der Waals surface area (Å²) >= 11 is 0. The molecule has 2 rings (SSSR count). The smallest absolute Gasteiger partial charge is 0.130 e. The minimum Gasteiger partial charge on any atom is -0.310 e. The Labute approximate surface area is 124 Å². The van der Waals surface area contributed by atoms with Crippen LogP contribution in [0.1, 0.15) is 42.6 Å². The highest BCUT2D eigenvalue weighted by molar-refractivity contribution is 5.31. The van der Waals surface area contributed by atoms with Gasteiger partial charge in [-0.3, -0.25) is 4.98 Å². The predicted octanol–water partition coefficient (Wildman–Crippen LogP) is 4.12. The van der Waals surface area contributed by atoms with Crippen LogP contribution < -0.4 is 5.32 Å². The van der Waals surface area contributed by atoms with E-state index in [1.54, 1.807) is 19.2 Å². The van der Waals surface area contributed by atoms with E-state index in [4.69, 9.17) is 0 Å². The molecule has 112 valence electrons. The lowest BCUT2D eigenvalue weighted by atomic mass is 9.90. The second-order valence-corrected chi connectivity index (χ2v) is 5.20. The van der Waals surface area contributed by atoms with Crippen molar-refractivity contribution < 1.29 is 8.78 Å². The minimum atomic E-state index is -0.521.